The summed E-state index contributed by atoms with van der Waals surface area (Å²) >= 11 is 0. The monoisotopic (exact) mass is 395 g/mol. The fourth-order valence-electron chi connectivity index (χ4n) is 2.81. The van der Waals surface area contributed by atoms with E-state index >= 15 is 0 Å². The van der Waals surface area contributed by atoms with Crippen molar-refractivity contribution in [3.05, 3.63) is 71.8 Å². The molecule has 1 atom stereocenters. The van der Waals surface area contributed by atoms with Crippen molar-refractivity contribution < 1.29 is 27.4 Å². The zero-order chi connectivity index (χ0) is 20.4. The second kappa shape index (κ2) is 10.7. The molecular weight excluding hydrogens is 371 g/mol. The number of ether oxygens (including phenoxy) is 2. The third kappa shape index (κ3) is 6.88. The van der Waals surface area contributed by atoms with E-state index in [9.17, 15) is 18.0 Å². The fraction of sp³-hybridized carbons (Fsp3) is 0.381. The summed E-state index contributed by atoms with van der Waals surface area (Å²) in [7, 11) is 0. The van der Waals surface area contributed by atoms with Gasteiger partial charge in [0.2, 0.25) is 6.10 Å². The van der Waals surface area contributed by atoms with Gasteiger partial charge in [-0.1, -0.05) is 60.7 Å². The van der Waals surface area contributed by atoms with E-state index < -0.39 is 18.4 Å². The third-order valence-corrected chi connectivity index (χ3v) is 4.12. The summed E-state index contributed by atoms with van der Waals surface area (Å²) in [6, 6.07) is 19.2. The number of carbonyl (C=O) groups is 1. The van der Waals surface area contributed by atoms with Gasteiger partial charge in [-0.15, -0.1) is 0 Å². The van der Waals surface area contributed by atoms with Crippen LogP contribution in [-0.4, -0.2) is 31.6 Å². The molecule has 0 aliphatic rings. The predicted molar refractivity (Wildman–Crippen MR) is 99.9 cm³/mol. The van der Waals surface area contributed by atoms with E-state index in [0.29, 0.717) is 6.54 Å². The Kier molecular flexibility index (Phi) is 8.32. The first-order valence-electron chi connectivity index (χ1n) is 9.15. The molecule has 28 heavy (non-hydrogen) atoms. The van der Waals surface area contributed by atoms with Gasteiger partial charge in [0.05, 0.1) is 12.6 Å². The molecule has 0 aliphatic heterocycles. The van der Waals surface area contributed by atoms with Crippen molar-refractivity contribution in [2.75, 3.05) is 13.2 Å². The van der Waals surface area contributed by atoms with Crippen LogP contribution < -0.4 is 5.32 Å². The molecule has 0 bridgehead atoms. The zero-order valence-electron chi connectivity index (χ0n) is 15.6. The summed E-state index contributed by atoms with van der Waals surface area (Å²) in [6.45, 7) is 1.79. The Hall–Kier alpha value is -2.54. The van der Waals surface area contributed by atoms with Crippen LogP contribution >= 0.6 is 0 Å². The van der Waals surface area contributed by atoms with Crippen LogP contribution in [0.2, 0.25) is 0 Å². The van der Waals surface area contributed by atoms with Crippen LogP contribution in [0.1, 0.15) is 36.9 Å². The molecule has 152 valence electrons. The number of hydrogen-bond acceptors (Lipinski definition) is 4. The highest BCUT2D eigenvalue weighted by Crippen LogP contribution is 2.27. The van der Waals surface area contributed by atoms with E-state index in [2.05, 4.69) is 14.8 Å². The standard InChI is InChI=1S/C21H24F3NO3/c1-2-27-20(26)28-18(21(22,23)24)14-9-15-25-19(16-10-5-3-6-11-16)17-12-7-4-8-13-17/h3-8,10-13,18-19,25H,2,9,14-15H2,1H3. The Morgan fingerprint density at radius 2 is 1.54 bits per heavy atom. The summed E-state index contributed by atoms with van der Waals surface area (Å²) in [5, 5.41) is 3.30. The van der Waals surface area contributed by atoms with Gasteiger partial charge in [0.25, 0.3) is 0 Å². The van der Waals surface area contributed by atoms with Gasteiger partial charge in [0, 0.05) is 0 Å². The molecule has 2 aromatic rings. The van der Waals surface area contributed by atoms with Crippen molar-refractivity contribution in [3.8, 4) is 0 Å². The normalized spacial score (nSPS) is 12.6. The molecule has 1 unspecified atom stereocenters. The van der Waals surface area contributed by atoms with Gasteiger partial charge in [-0.05, 0) is 37.4 Å². The molecule has 4 nitrogen and oxygen atoms in total. The summed E-state index contributed by atoms with van der Waals surface area (Å²) in [4.78, 5) is 11.3. The minimum absolute atomic E-state index is 0.0409. The average molecular weight is 395 g/mol. The topological polar surface area (TPSA) is 47.6 Å². The summed E-state index contributed by atoms with van der Waals surface area (Å²) in [6.07, 6.45) is -8.28. The summed E-state index contributed by atoms with van der Waals surface area (Å²) in [5.74, 6) is 0. The highest BCUT2D eigenvalue weighted by molar-refractivity contribution is 5.60. The Bertz CT molecular complexity index is 668. The molecule has 0 saturated heterocycles. The van der Waals surface area contributed by atoms with E-state index in [0.717, 1.165) is 11.1 Å². The second-order valence-corrected chi connectivity index (χ2v) is 6.18. The van der Waals surface area contributed by atoms with Crippen LogP contribution in [-0.2, 0) is 9.47 Å². The molecule has 2 aromatic carbocycles. The summed E-state index contributed by atoms with van der Waals surface area (Å²) < 4.78 is 48.1. The lowest BCUT2D eigenvalue weighted by molar-refractivity contribution is -0.210. The maximum absolute atomic E-state index is 13.1. The summed E-state index contributed by atoms with van der Waals surface area (Å²) in [5.41, 5.74) is 2.03. The quantitative estimate of drug-likeness (QED) is 0.465. The van der Waals surface area contributed by atoms with Gasteiger partial charge < -0.3 is 14.8 Å². The van der Waals surface area contributed by atoms with Gasteiger partial charge >= 0.3 is 12.3 Å². The molecule has 0 aromatic heterocycles. The smallest absolute Gasteiger partial charge is 0.435 e. The first-order chi connectivity index (χ1) is 13.4. The van der Waals surface area contributed by atoms with E-state index in [-0.39, 0.29) is 25.5 Å². The lowest BCUT2D eigenvalue weighted by atomic mass is 9.98. The third-order valence-electron chi connectivity index (χ3n) is 4.12. The minimum atomic E-state index is -4.63. The van der Waals surface area contributed by atoms with Gasteiger partial charge in [0.1, 0.15) is 0 Å². The zero-order valence-corrected chi connectivity index (χ0v) is 15.6. The van der Waals surface area contributed by atoms with Crippen molar-refractivity contribution in [2.45, 2.75) is 38.1 Å². The number of benzene rings is 2. The number of rotatable bonds is 9. The van der Waals surface area contributed by atoms with Gasteiger partial charge in [-0.25, -0.2) is 4.79 Å². The van der Waals surface area contributed by atoms with E-state index in [1.165, 1.54) is 6.92 Å². The Labute approximate surface area is 162 Å². The Morgan fingerprint density at radius 1 is 1.00 bits per heavy atom. The SMILES string of the molecule is CCOC(=O)OC(CCCNC(c1ccccc1)c1ccccc1)C(F)(F)F. The van der Waals surface area contributed by atoms with Gasteiger partial charge in [0.15, 0.2) is 0 Å². The minimum Gasteiger partial charge on any atom is -0.435 e. The van der Waals surface area contributed by atoms with Crippen molar-refractivity contribution in [1.29, 1.82) is 0 Å². The van der Waals surface area contributed by atoms with Crippen molar-refractivity contribution in [2.24, 2.45) is 0 Å². The second-order valence-electron chi connectivity index (χ2n) is 6.18. The number of nitrogens with one attached hydrogen (secondary N) is 1. The van der Waals surface area contributed by atoms with E-state index in [4.69, 9.17) is 0 Å². The molecule has 0 amide bonds. The van der Waals surface area contributed by atoms with Crippen LogP contribution in [0, 0.1) is 0 Å². The molecule has 0 radical (unpaired) electrons. The molecule has 0 heterocycles. The molecular formula is C21H24F3NO3. The van der Waals surface area contributed by atoms with Gasteiger partial charge in [-0.2, -0.15) is 13.2 Å². The van der Waals surface area contributed by atoms with E-state index in [1.54, 1.807) is 0 Å². The lowest BCUT2D eigenvalue weighted by Gasteiger charge is -2.22. The maximum atomic E-state index is 13.1. The van der Waals surface area contributed by atoms with Crippen molar-refractivity contribution in [1.82, 2.24) is 5.32 Å². The molecule has 0 saturated carbocycles. The first-order valence-corrected chi connectivity index (χ1v) is 9.15. The Morgan fingerprint density at radius 3 is 2.00 bits per heavy atom. The largest absolute Gasteiger partial charge is 0.508 e. The molecule has 2 rings (SSSR count). The average Bonchev–Trinajstić information content (AvgIpc) is 2.68. The lowest BCUT2D eigenvalue weighted by Crippen LogP contribution is -2.35. The van der Waals surface area contributed by atoms with Crippen molar-refractivity contribution in [3.63, 3.8) is 0 Å². The molecule has 1 N–H and O–H groups in total. The van der Waals surface area contributed by atoms with Crippen LogP contribution in [0.25, 0.3) is 0 Å². The van der Waals surface area contributed by atoms with Crippen LogP contribution in [0.15, 0.2) is 60.7 Å². The molecule has 0 aliphatic carbocycles. The van der Waals surface area contributed by atoms with E-state index in [1.807, 2.05) is 60.7 Å². The Balaban J connectivity index is 1.96. The maximum Gasteiger partial charge on any atom is 0.508 e. The number of carbonyl (C=O) groups excluding carboxylic acids is 1. The fourth-order valence-corrected chi connectivity index (χ4v) is 2.81. The molecule has 0 fully saturated rings. The first kappa shape index (κ1) is 21.8. The number of hydrogen-bond donors (Lipinski definition) is 1. The van der Waals surface area contributed by atoms with Crippen LogP contribution in [0.5, 0.6) is 0 Å². The van der Waals surface area contributed by atoms with Gasteiger partial charge in [-0.3, -0.25) is 0 Å². The molecule has 0 spiro atoms. The van der Waals surface area contributed by atoms with Crippen molar-refractivity contribution >= 4 is 6.16 Å². The highest BCUT2D eigenvalue weighted by Gasteiger charge is 2.42. The van der Waals surface area contributed by atoms with Crippen LogP contribution in [0.3, 0.4) is 0 Å². The number of halogens is 3. The predicted octanol–water partition coefficient (Wildman–Crippen LogP) is 5.25. The van der Waals surface area contributed by atoms with Crippen LogP contribution in [0.4, 0.5) is 18.0 Å². The highest BCUT2D eigenvalue weighted by atomic mass is 19.4. The number of alkyl halides is 3. The molecule has 7 heteroatoms.